The Morgan fingerprint density at radius 3 is 2.62 bits per heavy atom. The Morgan fingerprint density at radius 2 is 2.04 bits per heavy atom. The largest absolute Gasteiger partial charge is 0.472 e. The minimum absolute atomic E-state index is 0.0280. The molecule has 0 fully saturated rings. The van der Waals surface area contributed by atoms with Gasteiger partial charge in [-0.25, -0.2) is 13.9 Å². The van der Waals surface area contributed by atoms with Gasteiger partial charge >= 0.3 is 0 Å². The monoisotopic (exact) mass is 352 g/mol. The summed E-state index contributed by atoms with van der Waals surface area (Å²) in [5.74, 6) is -1.08. The maximum atomic E-state index is 12.6. The zero-order chi connectivity index (χ0) is 17.7. The molecule has 0 aliphatic rings. The van der Waals surface area contributed by atoms with E-state index in [1.54, 1.807) is 25.1 Å². The van der Waals surface area contributed by atoms with Gasteiger partial charge in [-0.2, -0.15) is 4.72 Å². The molecule has 7 nitrogen and oxygen atoms in total. The number of furan rings is 1. The molecule has 0 unspecified atom stereocenters. The first kappa shape index (κ1) is 18.2. The summed E-state index contributed by atoms with van der Waals surface area (Å²) in [5, 5.41) is 8.84. The predicted octanol–water partition coefficient (Wildman–Crippen LogP) is 2.15. The van der Waals surface area contributed by atoms with Gasteiger partial charge in [-0.15, -0.1) is 0 Å². The fourth-order valence-corrected chi connectivity index (χ4v) is 3.59. The van der Waals surface area contributed by atoms with Crippen LogP contribution in [0.3, 0.4) is 0 Å². The average molecular weight is 352 g/mol. The smallest absolute Gasteiger partial charge is 0.261 e. The van der Waals surface area contributed by atoms with Crippen LogP contribution in [0.2, 0.25) is 0 Å². The second kappa shape index (κ2) is 7.61. The third-order valence-electron chi connectivity index (χ3n) is 3.89. The average Bonchev–Trinajstić information content (AvgIpc) is 3.13. The number of carbonyl (C=O) groups excluding carboxylic acids is 1. The van der Waals surface area contributed by atoms with Crippen molar-refractivity contribution in [2.24, 2.45) is 5.92 Å². The Hall–Kier alpha value is -2.16. The lowest BCUT2D eigenvalue weighted by Gasteiger charge is -2.22. The van der Waals surface area contributed by atoms with Crippen molar-refractivity contribution < 1.29 is 22.8 Å². The molecule has 3 N–H and O–H groups in total. The number of hydroxylamine groups is 1. The van der Waals surface area contributed by atoms with E-state index in [2.05, 4.69) is 4.72 Å². The van der Waals surface area contributed by atoms with Crippen molar-refractivity contribution >= 4 is 15.9 Å². The van der Waals surface area contributed by atoms with Crippen LogP contribution in [-0.4, -0.2) is 25.6 Å². The number of hydrogen-bond donors (Lipinski definition) is 3. The van der Waals surface area contributed by atoms with E-state index in [-0.39, 0.29) is 10.8 Å². The third kappa shape index (κ3) is 4.02. The summed E-state index contributed by atoms with van der Waals surface area (Å²) in [6, 6.07) is 6.97. The van der Waals surface area contributed by atoms with E-state index >= 15 is 0 Å². The van der Waals surface area contributed by atoms with Gasteiger partial charge in [0.05, 0.1) is 17.4 Å². The molecule has 8 heteroatoms. The fourth-order valence-electron chi connectivity index (χ4n) is 2.24. The van der Waals surface area contributed by atoms with Gasteiger partial charge in [0.15, 0.2) is 0 Å². The van der Waals surface area contributed by atoms with Crippen LogP contribution < -0.4 is 10.2 Å². The minimum Gasteiger partial charge on any atom is -0.472 e. The molecule has 1 amide bonds. The SMILES string of the molecule is CC[C@H](C)[C@H](NS(=O)(=O)c1cccc(-c2ccoc2)c1)C(=O)NO. The molecule has 0 aliphatic carbocycles. The lowest BCUT2D eigenvalue weighted by atomic mass is 10.00. The van der Waals surface area contributed by atoms with E-state index in [1.807, 2.05) is 6.92 Å². The standard InChI is InChI=1S/C16H20N2O5S/c1-3-11(2)15(16(19)17-20)18-24(21,22)14-6-4-5-12(9-14)13-7-8-23-10-13/h4-11,15,18,20H,3H2,1-2H3,(H,17,19)/t11-,15-/m0/s1. The van der Waals surface area contributed by atoms with Crippen molar-refractivity contribution in [2.45, 2.75) is 31.2 Å². The van der Waals surface area contributed by atoms with Crippen LogP contribution in [0.25, 0.3) is 11.1 Å². The topological polar surface area (TPSA) is 109 Å². The Kier molecular flexibility index (Phi) is 5.76. The van der Waals surface area contributed by atoms with Crippen molar-refractivity contribution in [1.82, 2.24) is 10.2 Å². The molecule has 0 aliphatic heterocycles. The lowest BCUT2D eigenvalue weighted by Crippen LogP contribution is -2.49. The van der Waals surface area contributed by atoms with Crippen LogP contribution in [0.15, 0.2) is 52.2 Å². The lowest BCUT2D eigenvalue weighted by molar-refractivity contribution is -0.132. The quantitative estimate of drug-likeness (QED) is 0.522. The zero-order valence-electron chi connectivity index (χ0n) is 13.4. The Labute approximate surface area is 140 Å². The van der Waals surface area contributed by atoms with E-state index < -0.39 is 22.0 Å². The molecule has 0 bridgehead atoms. The first-order valence-electron chi connectivity index (χ1n) is 7.48. The third-order valence-corrected chi connectivity index (χ3v) is 5.33. The van der Waals surface area contributed by atoms with Gasteiger partial charge in [0, 0.05) is 5.56 Å². The van der Waals surface area contributed by atoms with Crippen LogP contribution in [0, 0.1) is 5.92 Å². The number of rotatable bonds is 7. The molecule has 1 heterocycles. The number of nitrogens with one attached hydrogen (secondary N) is 2. The van der Waals surface area contributed by atoms with E-state index in [4.69, 9.17) is 9.62 Å². The Bertz CT molecular complexity index is 787. The van der Waals surface area contributed by atoms with E-state index in [0.717, 1.165) is 5.56 Å². The molecule has 0 spiro atoms. The van der Waals surface area contributed by atoms with Crippen molar-refractivity contribution in [3.63, 3.8) is 0 Å². The van der Waals surface area contributed by atoms with Crippen molar-refractivity contribution in [2.75, 3.05) is 0 Å². The predicted molar refractivity (Wildman–Crippen MR) is 87.6 cm³/mol. The molecule has 24 heavy (non-hydrogen) atoms. The fraction of sp³-hybridized carbons (Fsp3) is 0.312. The molecule has 2 atom stereocenters. The summed E-state index contributed by atoms with van der Waals surface area (Å²) in [5.41, 5.74) is 2.94. The molecule has 130 valence electrons. The van der Waals surface area contributed by atoms with Gasteiger partial charge in [0.1, 0.15) is 6.04 Å². The maximum absolute atomic E-state index is 12.6. The highest BCUT2D eigenvalue weighted by Crippen LogP contribution is 2.23. The highest BCUT2D eigenvalue weighted by molar-refractivity contribution is 7.89. The van der Waals surface area contributed by atoms with Crippen molar-refractivity contribution in [3.05, 3.63) is 42.9 Å². The van der Waals surface area contributed by atoms with Crippen LogP contribution >= 0.6 is 0 Å². The summed E-state index contributed by atoms with van der Waals surface area (Å²) in [4.78, 5) is 11.8. The van der Waals surface area contributed by atoms with Crippen LogP contribution in [0.5, 0.6) is 0 Å². The van der Waals surface area contributed by atoms with E-state index in [1.165, 1.54) is 30.1 Å². The molecular formula is C16H20N2O5S. The van der Waals surface area contributed by atoms with Gasteiger partial charge < -0.3 is 4.42 Å². The van der Waals surface area contributed by atoms with Crippen molar-refractivity contribution in [3.8, 4) is 11.1 Å². The second-order valence-electron chi connectivity index (χ2n) is 5.50. The number of carbonyl (C=O) groups is 1. The van der Waals surface area contributed by atoms with E-state index in [0.29, 0.717) is 12.0 Å². The number of amides is 1. The molecule has 2 aromatic rings. The van der Waals surface area contributed by atoms with Crippen molar-refractivity contribution in [1.29, 1.82) is 0 Å². The molecular weight excluding hydrogens is 332 g/mol. The summed E-state index contributed by atoms with van der Waals surface area (Å²) in [7, 11) is -3.94. The number of benzene rings is 1. The molecule has 0 saturated carbocycles. The second-order valence-corrected chi connectivity index (χ2v) is 7.21. The summed E-state index contributed by atoms with van der Waals surface area (Å²) in [6.07, 6.45) is 3.58. The Balaban J connectivity index is 2.32. The highest BCUT2D eigenvalue weighted by atomic mass is 32.2. The van der Waals surface area contributed by atoms with Crippen LogP contribution in [-0.2, 0) is 14.8 Å². The highest BCUT2D eigenvalue weighted by Gasteiger charge is 2.29. The van der Waals surface area contributed by atoms with Gasteiger partial charge in [-0.3, -0.25) is 10.0 Å². The first-order chi connectivity index (χ1) is 11.4. The van der Waals surface area contributed by atoms with Crippen LogP contribution in [0.4, 0.5) is 0 Å². The molecule has 0 radical (unpaired) electrons. The number of hydrogen-bond acceptors (Lipinski definition) is 5. The Morgan fingerprint density at radius 1 is 1.29 bits per heavy atom. The maximum Gasteiger partial charge on any atom is 0.261 e. The normalized spacial score (nSPS) is 14.1. The van der Waals surface area contributed by atoms with Gasteiger partial charge in [-0.1, -0.05) is 32.4 Å². The zero-order valence-corrected chi connectivity index (χ0v) is 14.2. The summed E-state index contributed by atoms with van der Waals surface area (Å²) in [6.45, 7) is 3.56. The molecule has 2 rings (SSSR count). The molecule has 0 saturated heterocycles. The summed E-state index contributed by atoms with van der Waals surface area (Å²) >= 11 is 0. The summed E-state index contributed by atoms with van der Waals surface area (Å²) < 4.78 is 32.6. The van der Waals surface area contributed by atoms with Crippen LogP contribution in [0.1, 0.15) is 20.3 Å². The van der Waals surface area contributed by atoms with Gasteiger partial charge in [0.2, 0.25) is 10.0 Å². The van der Waals surface area contributed by atoms with Gasteiger partial charge in [0.25, 0.3) is 5.91 Å². The van der Waals surface area contributed by atoms with E-state index in [9.17, 15) is 13.2 Å². The van der Waals surface area contributed by atoms with Gasteiger partial charge in [-0.05, 0) is 29.7 Å². The minimum atomic E-state index is -3.94. The molecule has 1 aromatic heterocycles. The number of sulfonamides is 1. The molecule has 1 aromatic carbocycles. The first-order valence-corrected chi connectivity index (χ1v) is 8.96.